The molecule has 1 unspecified atom stereocenters. The fourth-order valence-corrected chi connectivity index (χ4v) is 5.36. The molecule has 0 aromatic heterocycles. The Bertz CT molecular complexity index is 845. The smallest absolute Gasteiger partial charge is 0.255 e. The molecule has 2 heterocycles. The number of hydrogen-bond acceptors (Lipinski definition) is 3. The Kier molecular flexibility index (Phi) is 4.94. The number of carbonyl (C=O) groups is 2. The van der Waals surface area contributed by atoms with Crippen molar-refractivity contribution in [1.29, 1.82) is 0 Å². The zero-order valence-corrected chi connectivity index (χ0v) is 17.1. The average molecular weight is 394 g/mol. The van der Waals surface area contributed by atoms with Crippen LogP contribution < -0.4 is 10.6 Å². The molecule has 1 saturated heterocycles. The summed E-state index contributed by atoms with van der Waals surface area (Å²) in [4.78, 5) is 27.0. The highest BCUT2D eigenvalue weighted by Crippen LogP contribution is 2.33. The van der Waals surface area contributed by atoms with Crippen molar-refractivity contribution in [2.45, 2.75) is 82.5 Å². The molecule has 2 saturated carbocycles. The van der Waals surface area contributed by atoms with Gasteiger partial charge in [0.05, 0.1) is 0 Å². The van der Waals surface area contributed by atoms with Gasteiger partial charge in [-0.2, -0.15) is 0 Å². The van der Waals surface area contributed by atoms with E-state index in [-0.39, 0.29) is 17.9 Å². The number of fused-ring (bicyclic) bond motifs is 1. The number of benzene rings is 1. The molecule has 4 aliphatic rings. The van der Waals surface area contributed by atoms with E-state index in [9.17, 15) is 9.59 Å². The molecule has 0 radical (unpaired) electrons. The van der Waals surface area contributed by atoms with Gasteiger partial charge in [0.1, 0.15) is 6.04 Å². The molecule has 1 aromatic rings. The van der Waals surface area contributed by atoms with Gasteiger partial charge < -0.3 is 15.5 Å². The van der Waals surface area contributed by atoms with Gasteiger partial charge in [-0.3, -0.25) is 9.59 Å². The molecule has 3 fully saturated rings. The van der Waals surface area contributed by atoms with E-state index in [1.165, 1.54) is 44.1 Å². The highest BCUT2D eigenvalue weighted by Gasteiger charge is 2.38. The first kappa shape index (κ1) is 18.9. The van der Waals surface area contributed by atoms with Gasteiger partial charge in [0.2, 0.25) is 5.91 Å². The van der Waals surface area contributed by atoms with Crippen LogP contribution in [0.4, 0.5) is 0 Å². The normalized spacial score (nSPS) is 29.7. The number of amides is 2. The summed E-state index contributed by atoms with van der Waals surface area (Å²) in [7, 11) is 0. The third kappa shape index (κ3) is 3.85. The molecule has 2 N–H and O–H groups in total. The van der Waals surface area contributed by atoms with Crippen molar-refractivity contribution >= 4 is 11.8 Å². The maximum atomic E-state index is 12.9. The van der Waals surface area contributed by atoms with Crippen LogP contribution in [0.15, 0.2) is 30.5 Å². The van der Waals surface area contributed by atoms with Gasteiger partial charge in [-0.15, -0.1) is 0 Å². The molecule has 0 spiro atoms. The van der Waals surface area contributed by atoms with Gasteiger partial charge >= 0.3 is 0 Å². The highest BCUT2D eigenvalue weighted by atomic mass is 16.2. The Morgan fingerprint density at radius 1 is 1.10 bits per heavy atom. The molecule has 5 rings (SSSR count). The van der Waals surface area contributed by atoms with Crippen LogP contribution >= 0.6 is 0 Å². The summed E-state index contributed by atoms with van der Waals surface area (Å²) in [5, 5.41) is 6.68. The van der Waals surface area contributed by atoms with E-state index in [0.29, 0.717) is 24.9 Å². The fourth-order valence-electron chi connectivity index (χ4n) is 5.36. The number of carbonyl (C=O) groups excluding carboxylic acids is 2. The molecule has 3 atom stereocenters. The Hall–Kier alpha value is -2.14. The molecule has 2 aliphatic heterocycles. The van der Waals surface area contributed by atoms with Crippen LogP contribution in [-0.4, -0.2) is 34.8 Å². The minimum absolute atomic E-state index is 0.00912. The maximum Gasteiger partial charge on any atom is 0.255 e. The minimum Gasteiger partial charge on any atom is -0.329 e. The van der Waals surface area contributed by atoms with E-state index >= 15 is 0 Å². The molecule has 2 amide bonds. The maximum absolute atomic E-state index is 12.9. The molecule has 2 aliphatic carbocycles. The third-order valence-electron chi connectivity index (χ3n) is 7.13. The van der Waals surface area contributed by atoms with Crippen LogP contribution in [-0.2, 0) is 17.8 Å². The van der Waals surface area contributed by atoms with Gasteiger partial charge in [-0.25, -0.2) is 0 Å². The zero-order chi connectivity index (χ0) is 20.0. The Balaban J connectivity index is 1.29. The number of allylic oxidation sites excluding steroid dienone is 1. The van der Waals surface area contributed by atoms with Crippen molar-refractivity contribution in [2.24, 2.45) is 5.92 Å². The lowest BCUT2D eigenvalue weighted by Gasteiger charge is -2.32. The molecular weight excluding hydrogens is 362 g/mol. The van der Waals surface area contributed by atoms with E-state index in [0.717, 1.165) is 35.7 Å². The second-order valence-corrected chi connectivity index (χ2v) is 9.37. The van der Waals surface area contributed by atoms with E-state index in [4.69, 9.17) is 0 Å². The van der Waals surface area contributed by atoms with Crippen LogP contribution in [0.2, 0.25) is 0 Å². The second-order valence-electron chi connectivity index (χ2n) is 9.37. The number of rotatable bonds is 5. The second kappa shape index (κ2) is 7.60. The van der Waals surface area contributed by atoms with Crippen LogP contribution in [0.25, 0.3) is 0 Å². The summed E-state index contributed by atoms with van der Waals surface area (Å²) >= 11 is 0. The van der Waals surface area contributed by atoms with Crippen molar-refractivity contribution in [3.63, 3.8) is 0 Å². The zero-order valence-electron chi connectivity index (χ0n) is 17.1. The first-order chi connectivity index (χ1) is 14.1. The largest absolute Gasteiger partial charge is 0.329 e. The van der Waals surface area contributed by atoms with Crippen LogP contribution in [0.1, 0.15) is 72.9 Å². The predicted molar refractivity (Wildman–Crippen MR) is 112 cm³/mol. The summed E-state index contributed by atoms with van der Waals surface area (Å²) < 4.78 is 0. The standard InChI is InChI=1S/C24H31N3O2/c1-15-6-11-22(23(28)25-15)27-14-18-13-16(7-10-20(18)24(27)29)12-17-4-2-3-5-21(17)26-19-8-9-19/h7,10,13,17,19,21-22,26H,1-6,8-9,11-12,14H2,(H,25,28)/t17-,21+,22?/m1/s1. The Morgan fingerprint density at radius 3 is 2.72 bits per heavy atom. The average Bonchev–Trinajstić information content (AvgIpc) is 3.46. The number of nitrogens with zero attached hydrogens (tertiary/aromatic N) is 1. The fraction of sp³-hybridized carbons (Fsp3) is 0.583. The van der Waals surface area contributed by atoms with Gasteiger partial charge in [0, 0.05) is 29.9 Å². The first-order valence-electron chi connectivity index (χ1n) is 11.3. The van der Waals surface area contributed by atoms with Crippen molar-refractivity contribution in [2.75, 3.05) is 0 Å². The van der Waals surface area contributed by atoms with Crippen molar-refractivity contribution < 1.29 is 9.59 Å². The molecule has 154 valence electrons. The molecular formula is C24H31N3O2. The molecule has 0 bridgehead atoms. The van der Waals surface area contributed by atoms with Gasteiger partial charge in [-0.1, -0.05) is 31.6 Å². The molecule has 1 aromatic carbocycles. The van der Waals surface area contributed by atoms with E-state index in [1.54, 1.807) is 4.90 Å². The monoisotopic (exact) mass is 393 g/mol. The van der Waals surface area contributed by atoms with Crippen molar-refractivity contribution in [3.05, 3.63) is 47.2 Å². The quantitative estimate of drug-likeness (QED) is 0.807. The molecule has 5 nitrogen and oxygen atoms in total. The number of piperidine rings is 1. The Labute approximate surface area is 172 Å². The van der Waals surface area contributed by atoms with Crippen LogP contribution in [0, 0.1) is 5.92 Å². The lowest BCUT2D eigenvalue weighted by Crippen LogP contribution is -2.49. The van der Waals surface area contributed by atoms with Gasteiger partial charge in [0.15, 0.2) is 0 Å². The van der Waals surface area contributed by atoms with Crippen molar-refractivity contribution in [1.82, 2.24) is 15.5 Å². The van der Waals surface area contributed by atoms with Crippen molar-refractivity contribution in [3.8, 4) is 0 Å². The van der Waals surface area contributed by atoms with Crippen LogP contribution in [0.3, 0.4) is 0 Å². The predicted octanol–water partition coefficient (Wildman–Crippen LogP) is 3.29. The van der Waals surface area contributed by atoms with E-state index in [1.807, 2.05) is 6.07 Å². The minimum atomic E-state index is -0.380. The Morgan fingerprint density at radius 2 is 1.93 bits per heavy atom. The van der Waals surface area contributed by atoms with Crippen LogP contribution in [0.5, 0.6) is 0 Å². The number of hydrogen-bond donors (Lipinski definition) is 2. The highest BCUT2D eigenvalue weighted by molar-refractivity contribution is 6.01. The van der Waals surface area contributed by atoms with E-state index < -0.39 is 0 Å². The molecule has 5 heteroatoms. The first-order valence-corrected chi connectivity index (χ1v) is 11.3. The number of nitrogens with one attached hydrogen (secondary N) is 2. The summed E-state index contributed by atoms with van der Waals surface area (Å²) in [6.45, 7) is 4.38. The van der Waals surface area contributed by atoms with E-state index in [2.05, 4.69) is 29.3 Å². The third-order valence-corrected chi connectivity index (χ3v) is 7.13. The SMILES string of the molecule is C=C1CCC(N2Cc3cc(C[C@H]4CCCC[C@@H]4NC4CC4)ccc3C2=O)C(=O)N1. The summed E-state index contributed by atoms with van der Waals surface area (Å²) in [5.41, 5.74) is 3.92. The van der Waals surface area contributed by atoms with Gasteiger partial charge in [0.25, 0.3) is 5.91 Å². The lowest BCUT2D eigenvalue weighted by atomic mass is 9.80. The van der Waals surface area contributed by atoms with Gasteiger partial charge in [-0.05, 0) is 68.1 Å². The summed E-state index contributed by atoms with van der Waals surface area (Å²) in [6, 6.07) is 7.35. The summed E-state index contributed by atoms with van der Waals surface area (Å²) in [6.07, 6.45) is 10.4. The molecule has 29 heavy (non-hydrogen) atoms. The lowest BCUT2D eigenvalue weighted by molar-refractivity contribution is -0.126. The summed E-state index contributed by atoms with van der Waals surface area (Å²) in [5.74, 6) is 0.578. The topological polar surface area (TPSA) is 61.4 Å².